The molecule has 2 aromatic carbocycles. The van der Waals surface area contributed by atoms with Gasteiger partial charge in [-0.2, -0.15) is 0 Å². The lowest BCUT2D eigenvalue weighted by Gasteiger charge is -2.07. The number of aromatic nitrogens is 1. The zero-order valence-electron chi connectivity index (χ0n) is 15.6. The minimum atomic E-state index is -0.234. The van der Waals surface area contributed by atoms with Crippen LogP contribution in [0.15, 0.2) is 47.8 Å². The van der Waals surface area contributed by atoms with E-state index in [-0.39, 0.29) is 12.5 Å². The monoisotopic (exact) mass is 382 g/mol. The van der Waals surface area contributed by atoms with Crippen molar-refractivity contribution < 1.29 is 14.3 Å². The molecule has 1 amide bonds. The van der Waals surface area contributed by atoms with Crippen molar-refractivity contribution in [3.05, 3.63) is 59.0 Å². The molecule has 0 bridgehead atoms. The first-order valence-corrected chi connectivity index (χ1v) is 9.61. The number of rotatable bonds is 7. The van der Waals surface area contributed by atoms with E-state index in [1.54, 1.807) is 0 Å². The van der Waals surface area contributed by atoms with Gasteiger partial charge in [0.25, 0.3) is 5.91 Å². The lowest BCUT2D eigenvalue weighted by atomic mass is 10.1. The first-order valence-electron chi connectivity index (χ1n) is 8.73. The van der Waals surface area contributed by atoms with Gasteiger partial charge in [-0.1, -0.05) is 6.07 Å². The van der Waals surface area contributed by atoms with Crippen LogP contribution >= 0.6 is 11.3 Å². The van der Waals surface area contributed by atoms with Crippen molar-refractivity contribution in [2.75, 3.05) is 18.5 Å². The van der Waals surface area contributed by atoms with E-state index in [4.69, 9.17) is 9.47 Å². The first kappa shape index (κ1) is 18.9. The topological polar surface area (TPSA) is 60.5 Å². The Morgan fingerprint density at radius 1 is 1.04 bits per heavy atom. The Bertz CT molecular complexity index is 899. The molecule has 0 aliphatic carbocycles. The number of hydrogen-bond acceptors (Lipinski definition) is 5. The molecule has 0 radical (unpaired) electrons. The molecule has 0 spiro atoms. The summed E-state index contributed by atoms with van der Waals surface area (Å²) in [6, 6.07) is 13.6. The third-order valence-corrected chi connectivity index (χ3v) is 4.53. The van der Waals surface area contributed by atoms with Gasteiger partial charge in [-0.25, -0.2) is 4.98 Å². The smallest absolute Gasteiger partial charge is 0.264 e. The van der Waals surface area contributed by atoms with E-state index in [0.29, 0.717) is 17.5 Å². The molecule has 3 aromatic rings. The third kappa shape index (κ3) is 5.31. The van der Waals surface area contributed by atoms with E-state index in [2.05, 4.69) is 16.4 Å². The van der Waals surface area contributed by atoms with Gasteiger partial charge < -0.3 is 9.47 Å². The predicted molar refractivity (Wildman–Crippen MR) is 109 cm³/mol. The molecule has 0 saturated carbocycles. The van der Waals surface area contributed by atoms with E-state index >= 15 is 0 Å². The molecule has 0 aliphatic heterocycles. The maximum Gasteiger partial charge on any atom is 0.264 e. The normalized spacial score (nSPS) is 10.5. The molecule has 0 fully saturated rings. The lowest BCUT2D eigenvalue weighted by molar-refractivity contribution is -0.118. The number of ether oxygens (including phenoxy) is 2. The molecular weight excluding hydrogens is 360 g/mol. The Morgan fingerprint density at radius 3 is 2.41 bits per heavy atom. The van der Waals surface area contributed by atoms with Crippen LogP contribution in [-0.2, 0) is 4.79 Å². The highest BCUT2D eigenvalue weighted by Gasteiger charge is 2.09. The molecule has 0 aliphatic rings. The van der Waals surface area contributed by atoms with Crippen LogP contribution < -0.4 is 14.8 Å². The molecule has 3 rings (SSSR count). The van der Waals surface area contributed by atoms with Gasteiger partial charge in [0, 0.05) is 10.9 Å². The standard InChI is InChI=1S/C21H22N2O3S/c1-4-25-17-7-5-16(6-8-17)19-13-27-21(22-19)23-20(24)12-26-18-10-14(2)9-15(3)11-18/h5-11,13H,4,12H2,1-3H3,(H,22,23,24). The largest absolute Gasteiger partial charge is 0.494 e. The zero-order valence-corrected chi connectivity index (χ0v) is 16.4. The molecule has 0 atom stereocenters. The highest BCUT2D eigenvalue weighted by atomic mass is 32.1. The van der Waals surface area contributed by atoms with Crippen LogP contribution in [-0.4, -0.2) is 24.1 Å². The molecule has 1 heterocycles. The Kier molecular flexibility index (Phi) is 6.08. The summed E-state index contributed by atoms with van der Waals surface area (Å²) in [6.45, 7) is 6.53. The van der Waals surface area contributed by atoms with Crippen LogP contribution in [0.4, 0.5) is 5.13 Å². The number of aryl methyl sites for hydroxylation is 2. The molecular formula is C21H22N2O3S. The molecule has 1 aromatic heterocycles. The molecule has 5 nitrogen and oxygen atoms in total. The van der Waals surface area contributed by atoms with Crippen molar-refractivity contribution in [1.29, 1.82) is 0 Å². The fourth-order valence-electron chi connectivity index (χ4n) is 2.67. The van der Waals surface area contributed by atoms with Crippen LogP contribution in [0.5, 0.6) is 11.5 Å². The number of amides is 1. The summed E-state index contributed by atoms with van der Waals surface area (Å²) in [7, 11) is 0. The highest BCUT2D eigenvalue weighted by molar-refractivity contribution is 7.14. The molecule has 0 saturated heterocycles. The fourth-order valence-corrected chi connectivity index (χ4v) is 3.41. The summed E-state index contributed by atoms with van der Waals surface area (Å²) < 4.78 is 11.0. The minimum absolute atomic E-state index is 0.0547. The summed E-state index contributed by atoms with van der Waals surface area (Å²) >= 11 is 1.38. The third-order valence-electron chi connectivity index (χ3n) is 3.78. The Morgan fingerprint density at radius 2 is 1.74 bits per heavy atom. The number of nitrogens with zero attached hydrogens (tertiary/aromatic N) is 1. The number of benzene rings is 2. The highest BCUT2D eigenvalue weighted by Crippen LogP contribution is 2.26. The predicted octanol–water partition coefficient (Wildman–Crippen LogP) is 4.84. The van der Waals surface area contributed by atoms with Crippen LogP contribution in [0.25, 0.3) is 11.3 Å². The molecule has 1 N–H and O–H groups in total. The van der Waals surface area contributed by atoms with Crippen LogP contribution in [0.3, 0.4) is 0 Å². The van der Waals surface area contributed by atoms with Crippen LogP contribution in [0, 0.1) is 13.8 Å². The maximum absolute atomic E-state index is 12.1. The van der Waals surface area contributed by atoms with Gasteiger partial charge in [-0.15, -0.1) is 11.3 Å². The fraction of sp³-hybridized carbons (Fsp3) is 0.238. The summed E-state index contributed by atoms with van der Waals surface area (Å²) in [6.07, 6.45) is 0. The summed E-state index contributed by atoms with van der Waals surface area (Å²) in [4.78, 5) is 16.6. The molecule has 6 heteroatoms. The van der Waals surface area contributed by atoms with E-state index in [1.807, 2.05) is 62.5 Å². The Balaban J connectivity index is 1.57. The van der Waals surface area contributed by atoms with Crippen molar-refractivity contribution in [1.82, 2.24) is 4.98 Å². The minimum Gasteiger partial charge on any atom is -0.494 e. The molecule has 0 unspecified atom stereocenters. The number of thiazole rings is 1. The molecule has 27 heavy (non-hydrogen) atoms. The van der Waals surface area contributed by atoms with Crippen molar-refractivity contribution in [2.45, 2.75) is 20.8 Å². The second kappa shape index (κ2) is 8.68. The van der Waals surface area contributed by atoms with Gasteiger partial charge in [0.2, 0.25) is 0 Å². The summed E-state index contributed by atoms with van der Waals surface area (Å²) in [5.74, 6) is 1.28. The number of hydrogen-bond donors (Lipinski definition) is 1. The van der Waals surface area contributed by atoms with E-state index in [9.17, 15) is 4.79 Å². The summed E-state index contributed by atoms with van der Waals surface area (Å²) in [5.41, 5.74) is 3.99. The van der Waals surface area contributed by atoms with Gasteiger partial charge in [0.1, 0.15) is 11.5 Å². The van der Waals surface area contributed by atoms with E-state index < -0.39 is 0 Å². The van der Waals surface area contributed by atoms with Crippen LogP contribution in [0.1, 0.15) is 18.1 Å². The average molecular weight is 382 g/mol. The summed E-state index contributed by atoms with van der Waals surface area (Å²) in [5, 5.41) is 5.24. The Hall–Kier alpha value is -2.86. The number of nitrogens with one attached hydrogen (secondary N) is 1. The zero-order chi connectivity index (χ0) is 19.2. The van der Waals surface area contributed by atoms with Gasteiger partial charge >= 0.3 is 0 Å². The van der Waals surface area contributed by atoms with Crippen molar-refractivity contribution in [2.24, 2.45) is 0 Å². The second-order valence-corrected chi connectivity index (χ2v) is 7.01. The molecule has 140 valence electrons. The van der Waals surface area contributed by atoms with E-state index in [0.717, 1.165) is 28.1 Å². The van der Waals surface area contributed by atoms with Crippen molar-refractivity contribution in [3.63, 3.8) is 0 Å². The number of anilines is 1. The van der Waals surface area contributed by atoms with E-state index in [1.165, 1.54) is 11.3 Å². The van der Waals surface area contributed by atoms with Crippen molar-refractivity contribution in [3.8, 4) is 22.8 Å². The Labute approximate surface area is 163 Å². The van der Waals surface area contributed by atoms with Gasteiger partial charge in [0.15, 0.2) is 11.7 Å². The number of carbonyl (C=O) groups excluding carboxylic acids is 1. The second-order valence-electron chi connectivity index (χ2n) is 6.16. The van der Waals surface area contributed by atoms with Crippen LogP contribution in [0.2, 0.25) is 0 Å². The van der Waals surface area contributed by atoms with Gasteiger partial charge in [-0.3, -0.25) is 10.1 Å². The maximum atomic E-state index is 12.1. The lowest BCUT2D eigenvalue weighted by Crippen LogP contribution is -2.20. The van der Waals surface area contributed by atoms with Gasteiger partial charge in [-0.05, 0) is 68.3 Å². The average Bonchev–Trinajstić information content (AvgIpc) is 3.08. The number of carbonyl (C=O) groups is 1. The SMILES string of the molecule is CCOc1ccc(-c2csc(NC(=O)COc3cc(C)cc(C)c3)n2)cc1. The quantitative estimate of drug-likeness (QED) is 0.635. The first-order chi connectivity index (χ1) is 13.0. The van der Waals surface area contributed by atoms with Gasteiger partial charge in [0.05, 0.1) is 12.3 Å². The van der Waals surface area contributed by atoms with Crippen molar-refractivity contribution >= 4 is 22.4 Å².